The molecule has 0 spiro atoms. The molecule has 228 valence electrons. The smallest absolute Gasteiger partial charge is 0.416 e. The number of halogens is 4. The number of likely N-dealkylation sites (N-methyl/N-ethyl adjacent to an activating group) is 1. The van der Waals surface area contributed by atoms with Gasteiger partial charge in [0.25, 0.3) is 0 Å². The molecule has 1 N–H and O–H groups in total. The van der Waals surface area contributed by atoms with Crippen molar-refractivity contribution in [2.75, 3.05) is 45.2 Å². The number of nitrogens with one attached hydrogen (secondary N) is 1. The average Bonchev–Trinajstić information content (AvgIpc) is 2.96. The summed E-state index contributed by atoms with van der Waals surface area (Å²) in [4.78, 5) is 26.3. The zero-order valence-electron chi connectivity index (χ0n) is 24.5. The molecule has 0 saturated carbocycles. The Balaban J connectivity index is 1.69. The van der Waals surface area contributed by atoms with E-state index in [1.165, 1.54) is 24.5 Å². The Morgan fingerprint density at radius 2 is 1.93 bits per heavy atom. The number of amides is 1. The van der Waals surface area contributed by atoms with Gasteiger partial charge in [-0.2, -0.15) is 18.4 Å². The molecule has 1 aliphatic heterocycles. The summed E-state index contributed by atoms with van der Waals surface area (Å²) < 4.78 is 61.0. The predicted octanol–water partition coefficient (Wildman–Crippen LogP) is 5.18. The van der Waals surface area contributed by atoms with E-state index in [1.54, 1.807) is 24.0 Å². The van der Waals surface area contributed by atoms with Crippen LogP contribution in [0.3, 0.4) is 0 Å². The lowest BCUT2D eigenvalue weighted by molar-refractivity contribution is -0.137. The van der Waals surface area contributed by atoms with Gasteiger partial charge in [0.1, 0.15) is 17.6 Å². The lowest BCUT2D eigenvalue weighted by Gasteiger charge is -2.42. The van der Waals surface area contributed by atoms with Crippen LogP contribution in [-0.2, 0) is 16.4 Å². The lowest BCUT2D eigenvalue weighted by Crippen LogP contribution is -2.54. The highest BCUT2D eigenvalue weighted by Gasteiger charge is 2.44. The monoisotopic (exact) mass is 598 g/mol. The molecule has 1 atom stereocenters. The number of hydrogen-bond acceptors (Lipinski definition) is 7. The molecule has 0 aliphatic carbocycles. The van der Waals surface area contributed by atoms with Crippen LogP contribution < -0.4 is 15.0 Å². The zero-order valence-corrected chi connectivity index (χ0v) is 24.5. The number of ether oxygens (including phenoxy) is 1. The highest BCUT2D eigenvalue weighted by molar-refractivity contribution is 5.89. The van der Waals surface area contributed by atoms with Crippen LogP contribution in [0.5, 0.6) is 5.88 Å². The molecule has 1 aromatic carbocycles. The maximum absolute atomic E-state index is 15.7. The first kappa shape index (κ1) is 31.7. The molecule has 12 heteroatoms. The Morgan fingerprint density at radius 3 is 2.53 bits per heavy atom. The Labute approximate surface area is 248 Å². The van der Waals surface area contributed by atoms with E-state index in [0.29, 0.717) is 30.0 Å². The standard InChI is InChI=1S/C31H34F4N6O2/c1-5-43-28-24(7-6-12-37-28)27-25(32)16-23(18-38-27)30(29(42)39-20(2)19-40(3)4)10-13-41(14-11-30)26-9-8-22(31(33,34)35)15-21(26)17-36/h6-9,12,15-16,18,20H,5,10-11,13-14,19H2,1-4H3,(H,39,42)/t20-/m0/s1. The van der Waals surface area contributed by atoms with Crippen molar-refractivity contribution in [2.45, 2.75) is 44.3 Å². The Bertz CT molecular complexity index is 1500. The quantitative estimate of drug-likeness (QED) is 0.340. The van der Waals surface area contributed by atoms with Crippen molar-refractivity contribution < 1.29 is 27.1 Å². The molecule has 0 bridgehead atoms. The lowest BCUT2D eigenvalue weighted by atomic mass is 9.72. The van der Waals surface area contributed by atoms with Gasteiger partial charge in [-0.1, -0.05) is 0 Å². The van der Waals surface area contributed by atoms with E-state index >= 15 is 4.39 Å². The Kier molecular flexibility index (Phi) is 9.55. The van der Waals surface area contributed by atoms with Crippen molar-refractivity contribution >= 4 is 11.6 Å². The van der Waals surface area contributed by atoms with Gasteiger partial charge in [0, 0.05) is 38.1 Å². The van der Waals surface area contributed by atoms with Crippen molar-refractivity contribution in [3.8, 4) is 23.2 Å². The predicted molar refractivity (Wildman–Crippen MR) is 154 cm³/mol. The van der Waals surface area contributed by atoms with E-state index in [-0.39, 0.29) is 55.0 Å². The van der Waals surface area contributed by atoms with Crippen LogP contribution in [0.25, 0.3) is 11.3 Å². The van der Waals surface area contributed by atoms with Crippen LogP contribution in [-0.4, -0.2) is 67.2 Å². The number of carbonyl (C=O) groups is 1. The second-order valence-electron chi connectivity index (χ2n) is 10.9. The van der Waals surface area contributed by atoms with Gasteiger partial charge in [0.05, 0.1) is 34.4 Å². The van der Waals surface area contributed by atoms with Crippen LogP contribution in [0, 0.1) is 17.1 Å². The molecule has 2 aromatic heterocycles. The topological polar surface area (TPSA) is 94.4 Å². The van der Waals surface area contributed by atoms with Gasteiger partial charge in [-0.25, -0.2) is 9.37 Å². The van der Waals surface area contributed by atoms with Gasteiger partial charge in [-0.3, -0.25) is 9.78 Å². The molecule has 4 rings (SSSR count). The third-order valence-electron chi connectivity index (χ3n) is 7.55. The van der Waals surface area contributed by atoms with E-state index in [0.717, 1.165) is 12.1 Å². The Morgan fingerprint density at radius 1 is 1.21 bits per heavy atom. The summed E-state index contributed by atoms with van der Waals surface area (Å²) in [6.07, 6.45) is -1.11. The van der Waals surface area contributed by atoms with Crippen molar-refractivity contribution in [3.05, 3.63) is 71.3 Å². The summed E-state index contributed by atoms with van der Waals surface area (Å²) in [5, 5.41) is 12.7. The van der Waals surface area contributed by atoms with E-state index in [1.807, 2.05) is 32.0 Å². The van der Waals surface area contributed by atoms with Crippen LogP contribution in [0.2, 0.25) is 0 Å². The summed E-state index contributed by atoms with van der Waals surface area (Å²) in [6, 6.07) is 9.35. The number of piperidine rings is 1. The van der Waals surface area contributed by atoms with Gasteiger partial charge in [0.15, 0.2) is 0 Å². The third kappa shape index (κ3) is 6.88. The maximum Gasteiger partial charge on any atom is 0.416 e. The van der Waals surface area contributed by atoms with Crippen molar-refractivity contribution in [1.29, 1.82) is 5.26 Å². The fraction of sp³-hybridized carbons (Fsp3) is 0.419. The van der Waals surface area contributed by atoms with Gasteiger partial charge in [0.2, 0.25) is 11.8 Å². The molecule has 3 heterocycles. The number of nitriles is 1. The second kappa shape index (κ2) is 13.0. The number of aromatic nitrogens is 2. The van der Waals surface area contributed by atoms with Crippen LogP contribution in [0.4, 0.5) is 23.2 Å². The number of alkyl halides is 3. The number of nitrogens with zero attached hydrogens (tertiary/aromatic N) is 5. The molecule has 43 heavy (non-hydrogen) atoms. The minimum Gasteiger partial charge on any atom is -0.477 e. The minimum absolute atomic E-state index is 0.0395. The fourth-order valence-corrected chi connectivity index (χ4v) is 5.53. The normalized spacial score (nSPS) is 15.6. The highest BCUT2D eigenvalue weighted by atomic mass is 19.4. The van der Waals surface area contributed by atoms with E-state index < -0.39 is 23.0 Å². The van der Waals surface area contributed by atoms with Crippen molar-refractivity contribution in [3.63, 3.8) is 0 Å². The molecule has 1 aliphatic rings. The zero-order chi connectivity index (χ0) is 31.4. The van der Waals surface area contributed by atoms with E-state index in [9.17, 15) is 23.2 Å². The fourth-order valence-electron chi connectivity index (χ4n) is 5.53. The largest absolute Gasteiger partial charge is 0.477 e. The molecular weight excluding hydrogens is 564 g/mol. The van der Waals surface area contributed by atoms with Gasteiger partial charge < -0.3 is 19.9 Å². The first-order valence-corrected chi connectivity index (χ1v) is 14.0. The number of hydrogen-bond donors (Lipinski definition) is 1. The number of carbonyl (C=O) groups excluding carboxylic acids is 1. The molecule has 0 unspecified atom stereocenters. The van der Waals surface area contributed by atoms with Crippen molar-refractivity contribution in [2.24, 2.45) is 0 Å². The van der Waals surface area contributed by atoms with E-state index in [2.05, 4.69) is 15.3 Å². The van der Waals surface area contributed by atoms with Crippen molar-refractivity contribution in [1.82, 2.24) is 20.2 Å². The number of anilines is 1. The van der Waals surface area contributed by atoms with E-state index in [4.69, 9.17) is 4.74 Å². The summed E-state index contributed by atoms with van der Waals surface area (Å²) in [5.41, 5.74) is -1.02. The molecule has 1 saturated heterocycles. The number of benzene rings is 1. The SMILES string of the molecule is CCOc1ncccc1-c1ncc(C2(C(=O)N[C@@H](C)CN(C)C)CCN(c3ccc(C(F)(F)F)cc3C#N)CC2)cc1F. The molecule has 8 nitrogen and oxygen atoms in total. The van der Waals surface area contributed by atoms with Gasteiger partial charge >= 0.3 is 6.18 Å². The minimum atomic E-state index is -4.58. The highest BCUT2D eigenvalue weighted by Crippen LogP contribution is 2.40. The third-order valence-corrected chi connectivity index (χ3v) is 7.55. The number of pyridine rings is 2. The maximum atomic E-state index is 15.7. The summed E-state index contributed by atoms with van der Waals surface area (Å²) in [6.45, 7) is 5.08. The molecular formula is C31H34F4N6O2. The van der Waals surface area contributed by atoms with Gasteiger partial charge in [-0.05, 0) is 82.7 Å². The summed E-state index contributed by atoms with van der Waals surface area (Å²) in [5.74, 6) is -0.691. The summed E-state index contributed by atoms with van der Waals surface area (Å²) >= 11 is 0. The van der Waals surface area contributed by atoms with Gasteiger partial charge in [-0.15, -0.1) is 0 Å². The molecule has 1 fully saturated rings. The first-order valence-electron chi connectivity index (χ1n) is 14.0. The number of rotatable bonds is 9. The molecule has 0 radical (unpaired) electrons. The molecule has 3 aromatic rings. The second-order valence-corrected chi connectivity index (χ2v) is 10.9. The molecule has 1 amide bonds. The summed E-state index contributed by atoms with van der Waals surface area (Å²) in [7, 11) is 3.78. The van der Waals surface area contributed by atoms with Crippen LogP contribution >= 0.6 is 0 Å². The van der Waals surface area contributed by atoms with Crippen LogP contribution in [0.15, 0.2) is 48.8 Å². The van der Waals surface area contributed by atoms with Crippen LogP contribution in [0.1, 0.15) is 43.4 Å². The first-order chi connectivity index (χ1) is 20.4. The Hall–Kier alpha value is -4.24. The average molecular weight is 599 g/mol.